The summed E-state index contributed by atoms with van der Waals surface area (Å²) in [5.41, 5.74) is -1.45. The van der Waals surface area contributed by atoms with Gasteiger partial charge in [-0.3, -0.25) is 9.36 Å². The molecule has 0 aliphatic carbocycles. The fourth-order valence-corrected chi connectivity index (χ4v) is 4.32. The Balaban J connectivity index is 2.18. The van der Waals surface area contributed by atoms with Crippen molar-refractivity contribution in [3.63, 3.8) is 0 Å². The fraction of sp³-hybridized carbons (Fsp3) is 0.222. The number of fused-ring (bicyclic) bond motifs is 1. The standard InChI is InChI=1S/C18H13Cl2F3N2O3S/c1-2-29(27,28)16-7-14(20)13(19)5-10(16)8-25-9-24-15-4-3-11(18(21,22)23)6-12(15)17(25)26/h3-7,9H,2,8H2,1H3. The Bertz CT molecular complexity index is 1270. The van der Waals surface area contributed by atoms with E-state index in [9.17, 15) is 26.4 Å². The summed E-state index contributed by atoms with van der Waals surface area (Å²) in [6.07, 6.45) is -3.48. The zero-order chi connectivity index (χ0) is 21.6. The van der Waals surface area contributed by atoms with Gasteiger partial charge in [0.25, 0.3) is 5.56 Å². The minimum Gasteiger partial charge on any atom is -0.294 e. The molecule has 0 amide bonds. The van der Waals surface area contributed by atoms with Crippen LogP contribution in [0.25, 0.3) is 10.9 Å². The summed E-state index contributed by atoms with van der Waals surface area (Å²) < 4.78 is 64.8. The number of benzene rings is 2. The van der Waals surface area contributed by atoms with E-state index in [0.717, 1.165) is 29.1 Å². The van der Waals surface area contributed by atoms with Gasteiger partial charge in [0.05, 0.1) is 50.0 Å². The lowest BCUT2D eigenvalue weighted by Crippen LogP contribution is -2.23. The van der Waals surface area contributed by atoms with Gasteiger partial charge in [0.1, 0.15) is 0 Å². The Hall–Kier alpha value is -2.10. The largest absolute Gasteiger partial charge is 0.416 e. The second kappa shape index (κ2) is 7.62. The van der Waals surface area contributed by atoms with Crippen molar-refractivity contribution < 1.29 is 21.6 Å². The number of halogens is 5. The first-order chi connectivity index (χ1) is 13.4. The van der Waals surface area contributed by atoms with Crippen LogP contribution in [0.4, 0.5) is 13.2 Å². The minimum absolute atomic E-state index is 0.0289. The molecule has 0 N–H and O–H groups in total. The highest BCUT2D eigenvalue weighted by molar-refractivity contribution is 7.91. The zero-order valence-electron chi connectivity index (χ0n) is 14.8. The first-order valence-electron chi connectivity index (χ1n) is 8.21. The lowest BCUT2D eigenvalue weighted by Gasteiger charge is -2.13. The van der Waals surface area contributed by atoms with E-state index in [0.29, 0.717) is 0 Å². The van der Waals surface area contributed by atoms with Gasteiger partial charge >= 0.3 is 6.18 Å². The van der Waals surface area contributed by atoms with Gasteiger partial charge in [-0.15, -0.1) is 0 Å². The molecule has 11 heteroatoms. The van der Waals surface area contributed by atoms with Gasteiger partial charge in [0, 0.05) is 0 Å². The van der Waals surface area contributed by atoms with Gasteiger partial charge < -0.3 is 0 Å². The predicted octanol–water partition coefficient (Wildman–Crippen LogP) is 4.56. The van der Waals surface area contributed by atoms with Crippen molar-refractivity contribution in [1.29, 1.82) is 0 Å². The number of rotatable bonds is 4. The van der Waals surface area contributed by atoms with E-state index in [1.165, 1.54) is 19.1 Å². The van der Waals surface area contributed by atoms with Crippen LogP contribution in [0, 0.1) is 0 Å². The maximum atomic E-state index is 13.0. The molecular weight excluding hydrogens is 452 g/mol. The molecule has 0 aliphatic heterocycles. The lowest BCUT2D eigenvalue weighted by atomic mass is 10.1. The molecule has 0 unspecified atom stereocenters. The first-order valence-corrected chi connectivity index (χ1v) is 10.6. The summed E-state index contributed by atoms with van der Waals surface area (Å²) in [5, 5.41) is -0.124. The van der Waals surface area contributed by atoms with Crippen LogP contribution >= 0.6 is 23.2 Å². The predicted molar refractivity (Wildman–Crippen MR) is 104 cm³/mol. The highest BCUT2D eigenvalue weighted by atomic mass is 35.5. The lowest BCUT2D eigenvalue weighted by molar-refractivity contribution is -0.137. The molecule has 0 aliphatic rings. The maximum Gasteiger partial charge on any atom is 0.416 e. The van der Waals surface area contributed by atoms with Crippen molar-refractivity contribution >= 4 is 43.9 Å². The van der Waals surface area contributed by atoms with Crippen LogP contribution in [0.1, 0.15) is 18.1 Å². The Labute approximate surface area is 173 Å². The molecule has 3 aromatic rings. The molecule has 3 rings (SSSR count). The number of hydrogen-bond donors (Lipinski definition) is 0. The van der Waals surface area contributed by atoms with E-state index >= 15 is 0 Å². The molecule has 0 saturated carbocycles. The smallest absolute Gasteiger partial charge is 0.294 e. The number of alkyl halides is 3. The van der Waals surface area contributed by atoms with Gasteiger partial charge in [-0.05, 0) is 35.9 Å². The molecule has 29 heavy (non-hydrogen) atoms. The number of sulfone groups is 1. The molecule has 5 nitrogen and oxygen atoms in total. The third-order valence-corrected chi connectivity index (χ3v) is 6.84. The normalized spacial score (nSPS) is 12.5. The Morgan fingerprint density at radius 2 is 1.76 bits per heavy atom. The molecule has 0 saturated heterocycles. The number of hydrogen-bond acceptors (Lipinski definition) is 4. The van der Waals surface area contributed by atoms with E-state index in [1.54, 1.807) is 0 Å². The van der Waals surface area contributed by atoms with Crippen LogP contribution in [-0.2, 0) is 22.6 Å². The molecule has 0 fully saturated rings. The van der Waals surface area contributed by atoms with Crippen LogP contribution in [0.15, 0.2) is 46.3 Å². The highest BCUT2D eigenvalue weighted by Gasteiger charge is 2.31. The number of nitrogens with zero attached hydrogens (tertiary/aromatic N) is 2. The van der Waals surface area contributed by atoms with Crippen LogP contribution < -0.4 is 5.56 Å². The molecule has 0 atom stereocenters. The van der Waals surface area contributed by atoms with Crippen LogP contribution in [0.5, 0.6) is 0 Å². The van der Waals surface area contributed by atoms with Crippen molar-refractivity contribution in [2.75, 3.05) is 5.75 Å². The third-order valence-electron chi connectivity index (χ3n) is 4.31. The average molecular weight is 465 g/mol. The summed E-state index contributed by atoms with van der Waals surface area (Å²) in [7, 11) is -3.70. The monoisotopic (exact) mass is 464 g/mol. The molecule has 0 spiro atoms. The molecule has 0 bridgehead atoms. The maximum absolute atomic E-state index is 13.0. The zero-order valence-corrected chi connectivity index (χ0v) is 17.1. The second-order valence-corrected chi connectivity index (χ2v) is 9.25. The quantitative estimate of drug-likeness (QED) is 0.567. The van der Waals surface area contributed by atoms with E-state index in [1.807, 2.05) is 0 Å². The van der Waals surface area contributed by atoms with E-state index in [-0.39, 0.29) is 43.7 Å². The fourth-order valence-electron chi connectivity index (χ4n) is 2.77. The Morgan fingerprint density at radius 1 is 1.10 bits per heavy atom. The highest BCUT2D eigenvalue weighted by Crippen LogP contribution is 2.31. The molecule has 1 aromatic heterocycles. The van der Waals surface area contributed by atoms with Gasteiger partial charge in [0.2, 0.25) is 0 Å². The first kappa shape index (κ1) is 21.6. The van der Waals surface area contributed by atoms with Crippen molar-refractivity contribution in [2.24, 2.45) is 0 Å². The average Bonchev–Trinajstić information content (AvgIpc) is 2.65. The second-order valence-electron chi connectivity index (χ2n) is 6.18. The van der Waals surface area contributed by atoms with Crippen molar-refractivity contribution in [2.45, 2.75) is 24.5 Å². The summed E-state index contributed by atoms with van der Waals surface area (Å²) >= 11 is 11.9. The molecule has 1 heterocycles. The van der Waals surface area contributed by atoms with Crippen LogP contribution in [0.2, 0.25) is 10.0 Å². The molecule has 0 radical (unpaired) electrons. The Morgan fingerprint density at radius 3 is 2.38 bits per heavy atom. The summed E-state index contributed by atoms with van der Waals surface area (Å²) in [4.78, 5) is 16.6. The topological polar surface area (TPSA) is 69.0 Å². The van der Waals surface area contributed by atoms with Crippen molar-refractivity contribution in [3.05, 3.63) is 68.2 Å². The third kappa shape index (κ3) is 4.26. The summed E-state index contributed by atoms with van der Waals surface area (Å²) in [6, 6.07) is 5.17. The summed E-state index contributed by atoms with van der Waals surface area (Å²) in [6.45, 7) is 1.19. The van der Waals surface area contributed by atoms with Gasteiger partial charge in [-0.2, -0.15) is 13.2 Å². The minimum atomic E-state index is -4.62. The van der Waals surface area contributed by atoms with Crippen molar-refractivity contribution in [1.82, 2.24) is 9.55 Å². The van der Waals surface area contributed by atoms with E-state index < -0.39 is 27.1 Å². The van der Waals surface area contributed by atoms with Crippen LogP contribution in [-0.4, -0.2) is 23.7 Å². The van der Waals surface area contributed by atoms with Crippen molar-refractivity contribution in [3.8, 4) is 0 Å². The van der Waals surface area contributed by atoms with Gasteiger partial charge in [-0.25, -0.2) is 13.4 Å². The van der Waals surface area contributed by atoms with Gasteiger partial charge in [0.15, 0.2) is 9.84 Å². The summed E-state index contributed by atoms with van der Waals surface area (Å²) in [5.74, 6) is -0.211. The van der Waals surface area contributed by atoms with E-state index in [2.05, 4.69) is 4.98 Å². The molecule has 154 valence electrons. The van der Waals surface area contributed by atoms with Gasteiger partial charge in [-0.1, -0.05) is 30.1 Å². The molecule has 2 aromatic carbocycles. The van der Waals surface area contributed by atoms with E-state index in [4.69, 9.17) is 23.2 Å². The SMILES string of the molecule is CCS(=O)(=O)c1cc(Cl)c(Cl)cc1Cn1cnc2ccc(C(F)(F)F)cc2c1=O. The van der Waals surface area contributed by atoms with Crippen LogP contribution in [0.3, 0.4) is 0 Å². The number of aromatic nitrogens is 2. The molecular formula is C18H13Cl2F3N2O3S. The Kier molecular flexibility index (Phi) is 5.68.